The molecule has 0 amide bonds. The number of hydrogen-bond acceptors (Lipinski definition) is 0. The first-order valence-corrected chi connectivity index (χ1v) is 13.7. The summed E-state index contributed by atoms with van der Waals surface area (Å²) in [4.78, 5) is 0. The Hall–Kier alpha value is -1.70. The Kier molecular flexibility index (Phi) is 16.1. The standard InChI is InChI=1S/C33H54F2/c1-13-23(4)15-17-26(7)30(11)32(34)21-29(10)25(6)18-19-27(8)31(12)33(35)20-28(9)24(5)16-14-22(2)3/h20-27H,9-19H2,1-8H3/b32-21+,33-20+. The van der Waals surface area contributed by atoms with E-state index in [2.05, 4.69) is 60.9 Å². The molecule has 35 heavy (non-hydrogen) atoms. The maximum Gasteiger partial charge on any atom is 0.126 e. The molecule has 0 bridgehead atoms. The van der Waals surface area contributed by atoms with Crippen LogP contribution in [0, 0.1) is 35.5 Å². The van der Waals surface area contributed by atoms with Crippen molar-refractivity contribution in [3.05, 3.63) is 72.4 Å². The van der Waals surface area contributed by atoms with Gasteiger partial charge in [0.2, 0.25) is 0 Å². The van der Waals surface area contributed by atoms with E-state index in [4.69, 9.17) is 0 Å². The molecule has 0 N–H and O–H groups in total. The highest BCUT2D eigenvalue weighted by molar-refractivity contribution is 5.33. The summed E-state index contributed by atoms with van der Waals surface area (Å²) in [7, 11) is 0. The van der Waals surface area contributed by atoms with E-state index in [0.717, 1.165) is 56.1 Å². The Bertz CT molecular complexity index is 764. The summed E-state index contributed by atoms with van der Waals surface area (Å²) in [5.41, 5.74) is 2.63. The fraction of sp³-hybridized carbons (Fsp3) is 0.636. The lowest BCUT2D eigenvalue weighted by molar-refractivity contribution is 0.444. The molecule has 0 aromatic heterocycles. The van der Waals surface area contributed by atoms with Gasteiger partial charge in [-0.2, -0.15) is 0 Å². The summed E-state index contributed by atoms with van der Waals surface area (Å²) < 4.78 is 29.6. The molecule has 0 nitrogen and oxygen atoms in total. The molecule has 2 heteroatoms. The zero-order valence-corrected chi connectivity index (χ0v) is 24.2. The second-order valence-electron chi connectivity index (χ2n) is 11.4. The first-order valence-electron chi connectivity index (χ1n) is 13.7. The van der Waals surface area contributed by atoms with E-state index in [1.54, 1.807) is 6.08 Å². The minimum Gasteiger partial charge on any atom is -0.207 e. The maximum atomic E-state index is 14.8. The fourth-order valence-corrected chi connectivity index (χ4v) is 3.81. The van der Waals surface area contributed by atoms with E-state index in [1.807, 2.05) is 20.8 Å². The Morgan fingerprint density at radius 3 is 1.29 bits per heavy atom. The molecule has 0 spiro atoms. The molecule has 0 aliphatic heterocycles. The zero-order chi connectivity index (χ0) is 27.3. The molecule has 5 unspecified atom stereocenters. The minimum atomic E-state index is -0.279. The van der Waals surface area contributed by atoms with Crippen molar-refractivity contribution in [3.63, 3.8) is 0 Å². The van der Waals surface area contributed by atoms with Crippen LogP contribution in [0.15, 0.2) is 72.4 Å². The van der Waals surface area contributed by atoms with Crippen molar-refractivity contribution in [2.45, 2.75) is 100 Å². The van der Waals surface area contributed by atoms with Gasteiger partial charge in [0.25, 0.3) is 0 Å². The molecule has 0 aromatic rings. The van der Waals surface area contributed by atoms with Gasteiger partial charge >= 0.3 is 0 Å². The summed E-state index contributed by atoms with van der Waals surface area (Å²) in [6.07, 6.45) is 9.92. The van der Waals surface area contributed by atoms with Gasteiger partial charge in [-0.05, 0) is 95.6 Å². The normalized spacial score (nSPS) is 17.0. The van der Waals surface area contributed by atoms with Gasteiger partial charge < -0.3 is 0 Å². The highest BCUT2D eigenvalue weighted by Gasteiger charge is 2.17. The third-order valence-electron chi connectivity index (χ3n) is 7.69. The Balaban J connectivity index is 4.82. The molecule has 0 aromatic carbocycles. The van der Waals surface area contributed by atoms with Crippen molar-refractivity contribution in [2.75, 3.05) is 0 Å². The lowest BCUT2D eigenvalue weighted by Crippen LogP contribution is -2.06. The SMILES string of the molecule is C=C(/C=C(/F)C(=C)C(C)CCC(C)C(=C)/C=C(/F)C(=C)C(C)CCC(C)CC)C(C)CCC(C)C. The summed E-state index contributed by atoms with van der Waals surface area (Å²) >= 11 is 0. The third kappa shape index (κ3) is 13.3. The van der Waals surface area contributed by atoms with Crippen LogP contribution in [0.5, 0.6) is 0 Å². The monoisotopic (exact) mass is 488 g/mol. The number of hydrogen-bond donors (Lipinski definition) is 0. The van der Waals surface area contributed by atoms with Crippen molar-refractivity contribution in [1.29, 1.82) is 0 Å². The number of halogens is 2. The Morgan fingerprint density at radius 2 is 0.914 bits per heavy atom. The molecule has 200 valence electrons. The first-order chi connectivity index (χ1) is 16.2. The highest BCUT2D eigenvalue weighted by atomic mass is 19.1. The molecule has 0 rings (SSSR count). The lowest BCUT2D eigenvalue weighted by atomic mass is 9.87. The van der Waals surface area contributed by atoms with Crippen LogP contribution in [-0.4, -0.2) is 0 Å². The van der Waals surface area contributed by atoms with Gasteiger partial charge in [0.1, 0.15) is 11.7 Å². The first kappa shape index (κ1) is 33.3. The summed E-state index contributed by atoms with van der Waals surface area (Å²) in [6, 6.07) is 0. The smallest absolute Gasteiger partial charge is 0.126 e. The van der Waals surface area contributed by atoms with Gasteiger partial charge in [0, 0.05) is 0 Å². The molecular formula is C33H54F2. The van der Waals surface area contributed by atoms with Crippen LogP contribution in [0.1, 0.15) is 100 Å². The summed E-state index contributed by atoms with van der Waals surface area (Å²) in [5, 5.41) is 0. The largest absolute Gasteiger partial charge is 0.207 e. The summed E-state index contributed by atoms with van der Waals surface area (Å²) in [6.45, 7) is 33.1. The minimum absolute atomic E-state index is 0.00959. The number of allylic oxidation sites excluding steroid dienone is 8. The quantitative estimate of drug-likeness (QED) is 0.168. The van der Waals surface area contributed by atoms with E-state index in [1.165, 1.54) is 6.08 Å². The van der Waals surface area contributed by atoms with E-state index < -0.39 is 0 Å². The van der Waals surface area contributed by atoms with Crippen LogP contribution in [0.4, 0.5) is 8.78 Å². The van der Waals surface area contributed by atoms with E-state index in [-0.39, 0.29) is 35.3 Å². The Labute approximate surface area is 217 Å². The van der Waals surface area contributed by atoms with Crippen LogP contribution in [0.3, 0.4) is 0 Å². The maximum absolute atomic E-state index is 14.8. The van der Waals surface area contributed by atoms with Crippen LogP contribution in [0.25, 0.3) is 0 Å². The van der Waals surface area contributed by atoms with Gasteiger partial charge in [0.15, 0.2) is 0 Å². The van der Waals surface area contributed by atoms with Crippen LogP contribution < -0.4 is 0 Å². The van der Waals surface area contributed by atoms with Gasteiger partial charge in [-0.3, -0.25) is 0 Å². The van der Waals surface area contributed by atoms with Crippen LogP contribution in [-0.2, 0) is 0 Å². The van der Waals surface area contributed by atoms with Crippen molar-refractivity contribution >= 4 is 0 Å². The van der Waals surface area contributed by atoms with E-state index in [9.17, 15) is 8.78 Å². The highest BCUT2D eigenvalue weighted by Crippen LogP contribution is 2.31. The lowest BCUT2D eigenvalue weighted by Gasteiger charge is -2.19. The van der Waals surface area contributed by atoms with Gasteiger partial charge in [-0.1, -0.05) is 101 Å². The van der Waals surface area contributed by atoms with Gasteiger partial charge in [-0.15, -0.1) is 0 Å². The average molecular weight is 489 g/mol. The second-order valence-corrected chi connectivity index (χ2v) is 11.4. The van der Waals surface area contributed by atoms with Gasteiger partial charge in [0.05, 0.1) is 0 Å². The fourth-order valence-electron chi connectivity index (χ4n) is 3.81. The van der Waals surface area contributed by atoms with Crippen molar-refractivity contribution in [3.8, 4) is 0 Å². The topological polar surface area (TPSA) is 0 Å². The molecule has 0 heterocycles. The average Bonchev–Trinajstić information content (AvgIpc) is 2.82. The molecular weight excluding hydrogens is 434 g/mol. The molecule has 0 saturated heterocycles. The van der Waals surface area contributed by atoms with Crippen molar-refractivity contribution in [1.82, 2.24) is 0 Å². The van der Waals surface area contributed by atoms with Crippen molar-refractivity contribution < 1.29 is 8.78 Å². The molecule has 0 saturated carbocycles. The molecule has 0 radical (unpaired) electrons. The number of rotatable bonds is 18. The molecule has 0 fully saturated rings. The van der Waals surface area contributed by atoms with Crippen LogP contribution in [0.2, 0.25) is 0 Å². The summed E-state index contributed by atoms with van der Waals surface area (Å²) in [5.74, 6) is 1.18. The predicted molar refractivity (Wildman–Crippen MR) is 154 cm³/mol. The third-order valence-corrected chi connectivity index (χ3v) is 7.69. The second kappa shape index (κ2) is 16.9. The predicted octanol–water partition coefficient (Wildman–Crippen LogP) is 11.5. The van der Waals surface area contributed by atoms with E-state index in [0.29, 0.717) is 23.0 Å². The van der Waals surface area contributed by atoms with Crippen LogP contribution >= 0.6 is 0 Å². The zero-order valence-electron chi connectivity index (χ0n) is 24.2. The molecule has 5 atom stereocenters. The van der Waals surface area contributed by atoms with Crippen molar-refractivity contribution in [2.24, 2.45) is 35.5 Å². The molecule has 0 aliphatic rings. The Morgan fingerprint density at radius 1 is 0.571 bits per heavy atom. The van der Waals surface area contributed by atoms with E-state index >= 15 is 0 Å². The molecule has 0 aliphatic carbocycles. The van der Waals surface area contributed by atoms with Gasteiger partial charge in [-0.25, -0.2) is 8.78 Å².